The van der Waals surface area contributed by atoms with Crippen LogP contribution in [0.4, 0.5) is 20.2 Å². The zero-order valence-electron chi connectivity index (χ0n) is 11.2. The fraction of sp³-hybridized carbons (Fsp3) is 0.133. The van der Waals surface area contributed by atoms with Crippen LogP contribution in [0.1, 0.15) is 12.5 Å². The SMILES string of the molecule is CCc1ccc(NC(=S)Nc2c(F)cc(F)cc2Br)cc1. The van der Waals surface area contributed by atoms with Crippen LogP contribution >= 0.6 is 28.1 Å². The molecule has 0 aliphatic heterocycles. The van der Waals surface area contributed by atoms with Crippen LogP contribution in [0, 0.1) is 11.6 Å². The summed E-state index contributed by atoms with van der Waals surface area (Å²) in [6, 6.07) is 9.72. The molecule has 0 aliphatic carbocycles. The molecule has 0 saturated carbocycles. The molecule has 2 rings (SSSR count). The van der Waals surface area contributed by atoms with Crippen molar-refractivity contribution in [3.63, 3.8) is 0 Å². The molecular weight excluding hydrogens is 358 g/mol. The van der Waals surface area contributed by atoms with Gasteiger partial charge in [0.15, 0.2) is 10.9 Å². The first-order valence-corrected chi connectivity index (χ1v) is 7.51. The first-order valence-electron chi connectivity index (χ1n) is 6.31. The molecule has 6 heteroatoms. The van der Waals surface area contributed by atoms with Gasteiger partial charge in [0.05, 0.1) is 5.69 Å². The van der Waals surface area contributed by atoms with E-state index >= 15 is 0 Å². The predicted octanol–water partition coefficient (Wildman–Crippen LogP) is 5.10. The molecule has 0 amide bonds. The molecule has 0 spiro atoms. The Morgan fingerprint density at radius 3 is 2.38 bits per heavy atom. The highest BCUT2D eigenvalue weighted by atomic mass is 79.9. The number of halogens is 3. The summed E-state index contributed by atoms with van der Waals surface area (Å²) in [5.41, 5.74) is 2.11. The zero-order chi connectivity index (χ0) is 15.4. The summed E-state index contributed by atoms with van der Waals surface area (Å²) in [5, 5.41) is 5.89. The normalized spacial score (nSPS) is 10.3. The van der Waals surface area contributed by atoms with Gasteiger partial charge in [-0.25, -0.2) is 8.78 Å². The maximum Gasteiger partial charge on any atom is 0.175 e. The summed E-state index contributed by atoms with van der Waals surface area (Å²) in [6.07, 6.45) is 0.955. The molecule has 110 valence electrons. The van der Waals surface area contributed by atoms with Crippen molar-refractivity contribution in [2.45, 2.75) is 13.3 Å². The minimum absolute atomic E-state index is 0.0964. The Hall–Kier alpha value is -1.53. The Morgan fingerprint density at radius 2 is 1.81 bits per heavy atom. The zero-order valence-corrected chi connectivity index (χ0v) is 13.6. The van der Waals surface area contributed by atoms with Gasteiger partial charge in [-0.2, -0.15) is 0 Å². The lowest BCUT2D eigenvalue weighted by molar-refractivity contribution is 0.585. The highest BCUT2D eigenvalue weighted by Gasteiger charge is 2.11. The molecule has 21 heavy (non-hydrogen) atoms. The maximum atomic E-state index is 13.7. The fourth-order valence-electron chi connectivity index (χ4n) is 1.76. The number of thiocarbonyl (C=S) groups is 1. The third-order valence-electron chi connectivity index (χ3n) is 2.87. The molecule has 2 aromatic carbocycles. The van der Waals surface area contributed by atoms with Crippen molar-refractivity contribution in [1.29, 1.82) is 0 Å². The average Bonchev–Trinajstić information content (AvgIpc) is 2.43. The van der Waals surface area contributed by atoms with Gasteiger partial charge in [0, 0.05) is 16.2 Å². The summed E-state index contributed by atoms with van der Waals surface area (Å²) in [6.45, 7) is 2.07. The lowest BCUT2D eigenvalue weighted by Crippen LogP contribution is -2.20. The van der Waals surface area contributed by atoms with Gasteiger partial charge in [-0.15, -0.1) is 0 Å². The topological polar surface area (TPSA) is 24.1 Å². The maximum absolute atomic E-state index is 13.7. The molecule has 0 fully saturated rings. The monoisotopic (exact) mass is 370 g/mol. The van der Waals surface area contributed by atoms with Gasteiger partial charge < -0.3 is 10.6 Å². The van der Waals surface area contributed by atoms with Crippen molar-refractivity contribution in [3.05, 3.63) is 58.1 Å². The second-order valence-electron chi connectivity index (χ2n) is 4.37. The van der Waals surface area contributed by atoms with E-state index in [1.165, 1.54) is 11.6 Å². The predicted molar refractivity (Wildman–Crippen MR) is 89.7 cm³/mol. The third-order valence-corrected chi connectivity index (χ3v) is 3.70. The second-order valence-corrected chi connectivity index (χ2v) is 5.64. The Kier molecular flexibility index (Phi) is 5.25. The van der Waals surface area contributed by atoms with Crippen LogP contribution in [0.3, 0.4) is 0 Å². The lowest BCUT2D eigenvalue weighted by atomic mass is 10.1. The van der Waals surface area contributed by atoms with E-state index < -0.39 is 11.6 Å². The molecule has 0 unspecified atom stereocenters. The summed E-state index contributed by atoms with van der Waals surface area (Å²) < 4.78 is 27.0. The molecule has 0 saturated heterocycles. The number of benzene rings is 2. The summed E-state index contributed by atoms with van der Waals surface area (Å²) >= 11 is 8.23. The van der Waals surface area contributed by atoms with Gasteiger partial charge >= 0.3 is 0 Å². The largest absolute Gasteiger partial charge is 0.332 e. The van der Waals surface area contributed by atoms with Crippen LogP contribution in [0.2, 0.25) is 0 Å². The third kappa shape index (κ3) is 4.22. The smallest absolute Gasteiger partial charge is 0.175 e. The molecule has 0 aromatic heterocycles. The Morgan fingerprint density at radius 1 is 1.14 bits per heavy atom. The van der Waals surface area contributed by atoms with E-state index in [2.05, 4.69) is 33.5 Å². The molecular formula is C15H13BrF2N2S. The van der Waals surface area contributed by atoms with E-state index in [1.807, 2.05) is 24.3 Å². The minimum atomic E-state index is -0.715. The Labute approximate surface area is 135 Å². The second kappa shape index (κ2) is 6.95. The van der Waals surface area contributed by atoms with Crippen LogP contribution in [0.15, 0.2) is 40.9 Å². The van der Waals surface area contributed by atoms with E-state index in [0.717, 1.165) is 18.2 Å². The van der Waals surface area contributed by atoms with Crippen molar-refractivity contribution in [1.82, 2.24) is 0 Å². The van der Waals surface area contributed by atoms with Crippen LogP contribution in [0.25, 0.3) is 0 Å². The minimum Gasteiger partial charge on any atom is -0.332 e. The van der Waals surface area contributed by atoms with E-state index in [-0.39, 0.29) is 15.3 Å². The van der Waals surface area contributed by atoms with Gasteiger partial charge in [-0.1, -0.05) is 19.1 Å². The van der Waals surface area contributed by atoms with E-state index in [9.17, 15) is 8.78 Å². The number of rotatable bonds is 3. The van der Waals surface area contributed by atoms with Gasteiger partial charge in [-0.05, 0) is 58.3 Å². The van der Waals surface area contributed by atoms with Crippen molar-refractivity contribution in [2.75, 3.05) is 10.6 Å². The van der Waals surface area contributed by atoms with Crippen LogP contribution in [-0.2, 0) is 6.42 Å². The number of hydrogen-bond donors (Lipinski definition) is 2. The highest BCUT2D eigenvalue weighted by molar-refractivity contribution is 9.10. The molecule has 0 heterocycles. The lowest BCUT2D eigenvalue weighted by Gasteiger charge is -2.13. The van der Waals surface area contributed by atoms with Crippen LogP contribution in [-0.4, -0.2) is 5.11 Å². The number of anilines is 2. The highest BCUT2D eigenvalue weighted by Crippen LogP contribution is 2.27. The molecule has 2 nitrogen and oxygen atoms in total. The van der Waals surface area contributed by atoms with Crippen LogP contribution < -0.4 is 10.6 Å². The summed E-state index contributed by atoms with van der Waals surface area (Å²) in [7, 11) is 0. The Balaban J connectivity index is 2.08. The first-order chi connectivity index (χ1) is 9.99. The summed E-state index contributed by atoms with van der Waals surface area (Å²) in [5.74, 6) is -1.37. The van der Waals surface area contributed by atoms with Gasteiger partial charge in [0.1, 0.15) is 5.82 Å². The van der Waals surface area contributed by atoms with E-state index in [4.69, 9.17) is 12.2 Å². The van der Waals surface area contributed by atoms with Crippen molar-refractivity contribution in [3.8, 4) is 0 Å². The Bertz CT molecular complexity index is 636. The molecule has 0 aliphatic rings. The summed E-state index contributed by atoms with van der Waals surface area (Å²) in [4.78, 5) is 0. The average molecular weight is 371 g/mol. The number of hydrogen-bond acceptors (Lipinski definition) is 1. The molecule has 0 bridgehead atoms. The molecule has 0 atom stereocenters. The number of aryl methyl sites for hydroxylation is 1. The van der Waals surface area contributed by atoms with Gasteiger partial charge in [-0.3, -0.25) is 0 Å². The standard InChI is InChI=1S/C15H13BrF2N2S/c1-2-9-3-5-11(6-4-9)19-15(21)20-14-12(16)7-10(17)8-13(14)18/h3-8H,2H2,1H3,(H2,19,20,21). The van der Waals surface area contributed by atoms with Crippen molar-refractivity contribution in [2.24, 2.45) is 0 Å². The number of nitrogens with one attached hydrogen (secondary N) is 2. The van der Waals surface area contributed by atoms with Crippen molar-refractivity contribution < 1.29 is 8.78 Å². The van der Waals surface area contributed by atoms with Crippen LogP contribution in [0.5, 0.6) is 0 Å². The molecule has 0 radical (unpaired) electrons. The molecule has 2 N–H and O–H groups in total. The fourth-order valence-corrected chi connectivity index (χ4v) is 2.49. The quantitative estimate of drug-likeness (QED) is 0.735. The van der Waals surface area contributed by atoms with E-state index in [0.29, 0.717) is 0 Å². The molecule has 2 aromatic rings. The van der Waals surface area contributed by atoms with Crippen molar-refractivity contribution >= 4 is 44.6 Å². The van der Waals surface area contributed by atoms with Gasteiger partial charge in [0.2, 0.25) is 0 Å². The van der Waals surface area contributed by atoms with E-state index in [1.54, 1.807) is 0 Å². The van der Waals surface area contributed by atoms with Gasteiger partial charge in [0.25, 0.3) is 0 Å². The first kappa shape index (κ1) is 15.9.